The third-order valence-electron chi connectivity index (χ3n) is 2.85. The van der Waals surface area contributed by atoms with Crippen LogP contribution in [0.1, 0.15) is 25.8 Å². The van der Waals surface area contributed by atoms with Crippen LogP contribution in [0.15, 0.2) is 24.3 Å². The van der Waals surface area contributed by atoms with Crippen molar-refractivity contribution in [3.8, 4) is 0 Å². The highest BCUT2D eigenvalue weighted by molar-refractivity contribution is 6.32. The highest BCUT2D eigenvalue weighted by Gasteiger charge is 2.49. The molecule has 0 spiro atoms. The second-order valence-electron chi connectivity index (χ2n) is 3.76. The van der Waals surface area contributed by atoms with E-state index in [-0.39, 0.29) is 23.6 Å². The first-order valence-corrected chi connectivity index (χ1v) is 6.04. The fourth-order valence-electron chi connectivity index (χ4n) is 1.86. The van der Waals surface area contributed by atoms with Gasteiger partial charge in [-0.1, -0.05) is 36.7 Å². The fraction of sp³-hybridized carbons (Fsp3) is 0.385. The van der Waals surface area contributed by atoms with Crippen molar-refractivity contribution in [1.82, 2.24) is 0 Å². The first-order valence-electron chi connectivity index (χ1n) is 5.66. The van der Waals surface area contributed by atoms with E-state index < -0.39 is 17.4 Å². The van der Waals surface area contributed by atoms with Crippen LogP contribution in [-0.2, 0) is 19.7 Å². The van der Waals surface area contributed by atoms with Crippen molar-refractivity contribution in [2.24, 2.45) is 0 Å². The summed E-state index contributed by atoms with van der Waals surface area (Å²) in [6, 6.07) is 6.42. The van der Waals surface area contributed by atoms with Crippen LogP contribution in [-0.4, -0.2) is 23.7 Å². The van der Waals surface area contributed by atoms with E-state index in [0.29, 0.717) is 0 Å². The van der Waals surface area contributed by atoms with E-state index in [1.165, 1.54) is 6.07 Å². The molecule has 1 unspecified atom stereocenters. The summed E-state index contributed by atoms with van der Waals surface area (Å²) in [7, 11) is 0. The van der Waals surface area contributed by atoms with Crippen molar-refractivity contribution in [2.75, 3.05) is 6.61 Å². The molecular weight excluding hydrogens is 256 g/mol. The molecule has 0 aliphatic heterocycles. The van der Waals surface area contributed by atoms with E-state index in [1.807, 2.05) is 0 Å². The zero-order valence-corrected chi connectivity index (χ0v) is 11.0. The molecule has 0 amide bonds. The van der Waals surface area contributed by atoms with Crippen molar-refractivity contribution >= 4 is 23.5 Å². The van der Waals surface area contributed by atoms with Crippen molar-refractivity contribution in [2.45, 2.75) is 25.7 Å². The molecular formula is C13H15ClO4. The number of aliphatic carboxylic acids is 1. The Morgan fingerprint density at radius 2 is 1.94 bits per heavy atom. The molecule has 98 valence electrons. The lowest BCUT2D eigenvalue weighted by atomic mass is 9.78. The van der Waals surface area contributed by atoms with Crippen molar-refractivity contribution in [3.05, 3.63) is 34.9 Å². The smallest absolute Gasteiger partial charge is 0.328 e. The molecule has 0 fully saturated rings. The maximum Gasteiger partial charge on any atom is 0.328 e. The van der Waals surface area contributed by atoms with Crippen LogP contribution >= 0.6 is 11.6 Å². The molecule has 18 heavy (non-hydrogen) atoms. The second kappa shape index (κ2) is 5.87. The molecule has 0 bridgehead atoms. The van der Waals surface area contributed by atoms with Crippen LogP contribution in [0.3, 0.4) is 0 Å². The molecule has 0 heterocycles. The van der Waals surface area contributed by atoms with Crippen LogP contribution in [0.2, 0.25) is 5.02 Å². The van der Waals surface area contributed by atoms with E-state index in [9.17, 15) is 14.7 Å². The topological polar surface area (TPSA) is 63.6 Å². The number of halogens is 1. The van der Waals surface area contributed by atoms with Crippen LogP contribution in [0.4, 0.5) is 0 Å². The summed E-state index contributed by atoms with van der Waals surface area (Å²) in [5.41, 5.74) is -1.48. The molecule has 0 saturated heterocycles. The molecule has 0 aliphatic rings. The standard InChI is InChI=1S/C13H15ClO4/c1-3-13(11(15)16,12(17)18-4-2)9-7-5-6-8-10(9)14/h5-8H,3-4H2,1-2H3,(H,15,16). The summed E-state index contributed by atoms with van der Waals surface area (Å²) in [4.78, 5) is 23.6. The minimum atomic E-state index is -1.74. The van der Waals surface area contributed by atoms with Crippen molar-refractivity contribution < 1.29 is 19.4 Å². The Labute approximate surface area is 111 Å². The van der Waals surface area contributed by atoms with Gasteiger partial charge in [-0.2, -0.15) is 0 Å². The Hall–Kier alpha value is -1.55. The predicted octanol–water partition coefficient (Wildman–Crippen LogP) is 2.64. The summed E-state index contributed by atoms with van der Waals surface area (Å²) in [5.74, 6) is -2.04. The number of carboxylic acids is 1. The van der Waals surface area contributed by atoms with Crippen LogP contribution in [0.5, 0.6) is 0 Å². The molecule has 1 aromatic carbocycles. The van der Waals surface area contributed by atoms with Gasteiger partial charge in [0.1, 0.15) is 0 Å². The van der Waals surface area contributed by atoms with Crippen LogP contribution in [0, 0.1) is 0 Å². The third kappa shape index (κ3) is 2.34. The van der Waals surface area contributed by atoms with Crippen LogP contribution in [0.25, 0.3) is 0 Å². The Kier molecular flexibility index (Phi) is 4.73. The highest BCUT2D eigenvalue weighted by Crippen LogP contribution is 2.35. The fourth-order valence-corrected chi connectivity index (χ4v) is 2.16. The molecule has 1 rings (SSSR count). The Balaban J connectivity index is 3.42. The highest BCUT2D eigenvalue weighted by atomic mass is 35.5. The molecule has 0 aromatic heterocycles. The summed E-state index contributed by atoms with van der Waals surface area (Å²) >= 11 is 6.00. The van der Waals surface area contributed by atoms with Gasteiger partial charge in [-0.05, 0) is 25.0 Å². The lowest BCUT2D eigenvalue weighted by Gasteiger charge is -2.27. The van der Waals surface area contributed by atoms with Gasteiger partial charge in [-0.15, -0.1) is 0 Å². The van der Waals surface area contributed by atoms with Gasteiger partial charge in [-0.25, -0.2) is 0 Å². The lowest BCUT2D eigenvalue weighted by molar-refractivity contribution is -0.161. The minimum absolute atomic E-state index is 0.0743. The van der Waals surface area contributed by atoms with E-state index in [4.69, 9.17) is 16.3 Å². The number of carbonyl (C=O) groups is 2. The third-order valence-corrected chi connectivity index (χ3v) is 3.18. The number of hydrogen-bond acceptors (Lipinski definition) is 3. The number of benzene rings is 1. The molecule has 0 saturated carbocycles. The van der Waals surface area contributed by atoms with E-state index in [0.717, 1.165) is 0 Å². The van der Waals surface area contributed by atoms with Gasteiger partial charge in [0.25, 0.3) is 0 Å². The van der Waals surface area contributed by atoms with Gasteiger partial charge < -0.3 is 9.84 Å². The van der Waals surface area contributed by atoms with Crippen molar-refractivity contribution in [3.63, 3.8) is 0 Å². The van der Waals surface area contributed by atoms with E-state index in [2.05, 4.69) is 0 Å². The average Bonchev–Trinajstić information content (AvgIpc) is 2.33. The number of rotatable bonds is 5. The SMILES string of the molecule is CCOC(=O)C(CC)(C(=O)O)c1ccccc1Cl. The maximum atomic E-state index is 12.0. The Bertz CT molecular complexity index is 458. The Morgan fingerprint density at radius 1 is 1.33 bits per heavy atom. The first-order chi connectivity index (χ1) is 8.50. The van der Waals surface area contributed by atoms with Crippen molar-refractivity contribution in [1.29, 1.82) is 0 Å². The van der Waals surface area contributed by atoms with E-state index >= 15 is 0 Å². The lowest BCUT2D eigenvalue weighted by Crippen LogP contribution is -2.44. The number of carboxylic acid groups (broad SMARTS) is 1. The minimum Gasteiger partial charge on any atom is -0.480 e. The van der Waals surface area contributed by atoms with Gasteiger partial charge >= 0.3 is 11.9 Å². The number of carbonyl (C=O) groups excluding carboxylic acids is 1. The van der Waals surface area contributed by atoms with Crippen LogP contribution < -0.4 is 0 Å². The number of esters is 1. The molecule has 1 N–H and O–H groups in total. The molecule has 5 heteroatoms. The quantitative estimate of drug-likeness (QED) is 0.660. The molecule has 1 atom stereocenters. The molecule has 4 nitrogen and oxygen atoms in total. The van der Waals surface area contributed by atoms with Gasteiger partial charge in [0, 0.05) is 5.02 Å². The largest absolute Gasteiger partial charge is 0.480 e. The monoisotopic (exact) mass is 270 g/mol. The van der Waals surface area contributed by atoms with Gasteiger partial charge in [0.05, 0.1) is 6.61 Å². The molecule has 1 aromatic rings. The van der Waals surface area contributed by atoms with Gasteiger partial charge in [-0.3, -0.25) is 9.59 Å². The van der Waals surface area contributed by atoms with Gasteiger partial charge in [0.2, 0.25) is 0 Å². The Morgan fingerprint density at radius 3 is 2.39 bits per heavy atom. The summed E-state index contributed by atoms with van der Waals surface area (Å²) < 4.78 is 4.89. The molecule has 0 radical (unpaired) electrons. The van der Waals surface area contributed by atoms with E-state index in [1.54, 1.807) is 32.0 Å². The normalized spacial score (nSPS) is 13.7. The number of ether oxygens (including phenoxy) is 1. The first kappa shape index (κ1) is 14.5. The average molecular weight is 271 g/mol. The maximum absolute atomic E-state index is 12.0. The predicted molar refractivity (Wildman–Crippen MR) is 67.7 cm³/mol. The molecule has 0 aliphatic carbocycles. The zero-order valence-electron chi connectivity index (χ0n) is 10.3. The number of hydrogen-bond donors (Lipinski definition) is 1. The summed E-state index contributed by atoms with van der Waals surface area (Å²) in [6.45, 7) is 3.37. The zero-order chi connectivity index (χ0) is 13.8. The summed E-state index contributed by atoms with van der Waals surface area (Å²) in [5, 5.41) is 9.68. The second-order valence-corrected chi connectivity index (χ2v) is 4.17. The van der Waals surface area contributed by atoms with Gasteiger partial charge in [0.15, 0.2) is 5.41 Å². The summed E-state index contributed by atoms with van der Waals surface area (Å²) in [6.07, 6.45) is 0.0743.